The van der Waals surface area contributed by atoms with Crippen molar-refractivity contribution in [3.05, 3.63) is 46.6 Å². The molecule has 5 aliphatic carbocycles. The Balaban J connectivity index is 1.69. The lowest BCUT2D eigenvalue weighted by atomic mass is 9.52. The minimum absolute atomic E-state index is 0.0492. The van der Waals surface area contributed by atoms with Gasteiger partial charge in [0.15, 0.2) is 5.78 Å². The van der Waals surface area contributed by atoms with Crippen LogP contribution in [0.3, 0.4) is 0 Å². The number of Topliss-reactive ketones (excluding diaryl/α,β-unsaturated/α-hetero) is 1. The standard InChI is InChI=1S/C27H32O4/c1-5-16(2)31-24(30)19-15-17-14-18(28)6-12-26(17,4)20-8-13-27-21(23(19)20)7-10-25(27,3)11-9-22(27)29/h6-7,12,15-16,19H,5,8-11,13-14H2,1-4H3/t16?,19-,25+,26?,27-/m1/s1. The highest BCUT2D eigenvalue weighted by Gasteiger charge is 2.65. The molecule has 1 saturated carbocycles. The quantitative estimate of drug-likeness (QED) is 0.465. The Kier molecular flexibility index (Phi) is 4.42. The normalized spacial score (nSPS) is 39.3. The van der Waals surface area contributed by atoms with E-state index in [0.29, 0.717) is 18.6 Å². The molecule has 0 aromatic rings. The topological polar surface area (TPSA) is 60.4 Å². The monoisotopic (exact) mass is 420 g/mol. The molecule has 5 aliphatic rings. The van der Waals surface area contributed by atoms with Crippen LogP contribution < -0.4 is 0 Å². The molecule has 5 rings (SSSR count). The van der Waals surface area contributed by atoms with Crippen LogP contribution in [0.2, 0.25) is 0 Å². The molecule has 4 nitrogen and oxygen atoms in total. The first kappa shape index (κ1) is 20.7. The number of fused-ring (bicyclic) bond motifs is 3. The van der Waals surface area contributed by atoms with Crippen molar-refractivity contribution in [3.8, 4) is 0 Å². The second-order valence-electron chi connectivity index (χ2n) is 10.6. The Hall–Kier alpha value is -2.23. The average Bonchev–Trinajstić information content (AvgIpc) is 3.18. The van der Waals surface area contributed by atoms with E-state index in [0.717, 1.165) is 48.8 Å². The predicted octanol–water partition coefficient (Wildman–Crippen LogP) is 5.20. The van der Waals surface area contributed by atoms with Crippen molar-refractivity contribution in [1.82, 2.24) is 0 Å². The fraction of sp³-hybridized carbons (Fsp3) is 0.593. The smallest absolute Gasteiger partial charge is 0.317 e. The van der Waals surface area contributed by atoms with Crippen molar-refractivity contribution in [2.45, 2.75) is 78.7 Å². The van der Waals surface area contributed by atoms with Crippen LogP contribution in [0.1, 0.15) is 72.6 Å². The van der Waals surface area contributed by atoms with Gasteiger partial charge in [-0.1, -0.05) is 43.2 Å². The molecular weight excluding hydrogens is 388 g/mol. The maximum absolute atomic E-state index is 13.4. The summed E-state index contributed by atoms with van der Waals surface area (Å²) in [6.45, 7) is 8.33. The van der Waals surface area contributed by atoms with Crippen LogP contribution in [-0.4, -0.2) is 23.6 Å². The second-order valence-corrected chi connectivity index (χ2v) is 10.6. The van der Waals surface area contributed by atoms with Crippen LogP contribution in [-0.2, 0) is 19.1 Å². The lowest BCUT2D eigenvalue weighted by Gasteiger charge is -2.50. The van der Waals surface area contributed by atoms with Gasteiger partial charge in [0.2, 0.25) is 0 Å². The molecule has 0 N–H and O–H groups in total. The van der Waals surface area contributed by atoms with Crippen molar-refractivity contribution in [3.63, 3.8) is 0 Å². The van der Waals surface area contributed by atoms with E-state index in [1.54, 1.807) is 6.08 Å². The number of esters is 1. The third kappa shape index (κ3) is 2.57. The number of ether oxygens (including phenoxy) is 1. The maximum Gasteiger partial charge on any atom is 0.317 e. The molecule has 0 amide bonds. The van der Waals surface area contributed by atoms with Crippen LogP contribution in [0, 0.1) is 22.2 Å². The Morgan fingerprint density at radius 2 is 2.00 bits per heavy atom. The van der Waals surface area contributed by atoms with E-state index in [4.69, 9.17) is 4.74 Å². The zero-order valence-electron chi connectivity index (χ0n) is 19.0. The summed E-state index contributed by atoms with van der Waals surface area (Å²) in [5.74, 6) is -0.373. The van der Waals surface area contributed by atoms with Gasteiger partial charge in [-0.15, -0.1) is 0 Å². The number of carbonyl (C=O) groups excluding carboxylic acids is 3. The Morgan fingerprint density at radius 1 is 1.23 bits per heavy atom. The minimum Gasteiger partial charge on any atom is -0.462 e. The molecule has 164 valence electrons. The molecular formula is C27H32O4. The number of hydrogen-bond donors (Lipinski definition) is 0. The first-order chi connectivity index (χ1) is 14.7. The number of rotatable bonds is 3. The average molecular weight is 421 g/mol. The largest absolute Gasteiger partial charge is 0.462 e. The minimum atomic E-state index is -0.537. The summed E-state index contributed by atoms with van der Waals surface area (Å²) in [6, 6.07) is 0. The van der Waals surface area contributed by atoms with Gasteiger partial charge in [0.25, 0.3) is 0 Å². The summed E-state index contributed by atoms with van der Waals surface area (Å²) in [7, 11) is 0. The van der Waals surface area contributed by atoms with Crippen molar-refractivity contribution in [2.75, 3.05) is 0 Å². The second kappa shape index (κ2) is 6.63. The van der Waals surface area contributed by atoms with Gasteiger partial charge in [-0.2, -0.15) is 0 Å². The van der Waals surface area contributed by atoms with Gasteiger partial charge in [-0.05, 0) is 68.6 Å². The molecule has 0 aromatic heterocycles. The van der Waals surface area contributed by atoms with E-state index in [9.17, 15) is 14.4 Å². The van der Waals surface area contributed by atoms with E-state index in [2.05, 4.69) is 19.9 Å². The number of carbonyl (C=O) groups is 3. The van der Waals surface area contributed by atoms with Crippen LogP contribution in [0.4, 0.5) is 0 Å². The van der Waals surface area contributed by atoms with Gasteiger partial charge >= 0.3 is 5.97 Å². The molecule has 5 atom stereocenters. The highest BCUT2D eigenvalue weighted by molar-refractivity contribution is 5.97. The fourth-order valence-electron chi connectivity index (χ4n) is 6.97. The van der Waals surface area contributed by atoms with E-state index < -0.39 is 11.3 Å². The molecule has 0 saturated heterocycles. The van der Waals surface area contributed by atoms with Gasteiger partial charge in [0.1, 0.15) is 11.7 Å². The van der Waals surface area contributed by atoms with Gasteiger partial charge in [-0.25, -0.2) is 0 Å². The molecule has 1 spiro atoms. The summed E-state index contributed by atoms with van der Waals surface area (Å²) in [5, 5.41) is 0. The number of hydrogen-bond acceptors (Lipinski definition) is 4. The third-order valence-corrected chi connectivity index (χ3v) is 9.08. The van der Waals surface area contributed by atoms with Crippen LogP contribution in [0.25, 0.3) is 0 Å². The molecule has 1 fully saturated rings. The van der Waals surface area contributed by atoms with Crippen molar-refractivity contribution in [2.24, 2.45) is 22.2 Å². The lowest BCUT2D eigenvalue weighted by Crippen LogP contribution is -2.45. The predicted molar refractivity (Wildman–Crippen MR) is 118 cm³/mol. The molecule has 0 aliphatic heterocycles. The summed E-state index contributed by atoms with van der Waals surface area (Å²) < 4.78 is 5.80. The molecule has 0 aromatic carbocycles. The van der Waals surface area contributed by atoms with Crippen molar-refractivity contribution >= 4 is 17.5 Å². The molecule has 4 heteroatoms. The molecule has 0 bridgehead atoms. The van der Waals surface area contributed by atoms with Gasteiger partial charge in [0, 0.05) is 18.3 Å². The summed E-state index contributed by atoms with van der Waals surface area (Å²) in [4.78, 5) is 39.0. The van der Waals surface area contributed by atoms with Gasteiger partial charge in [-0.3, -0.25) is 14.4 Å². The van der Waals surface area contributed by atoms with Crippen LogP contribution in [0.15, 0.2) is 46.6 Å². The number of allylic oxidation sites excluding steroid dienone is 6. The van der Waals surface area contributed by atoms with Crippen molar-refractivity contribution in [1.29, 1.82) is 0 Å². The molecule has 0 heterocycles. The summed E-state index contributed by atoms with van der Waals surface area (Å²) >= 11 is 0. The van der Waals surface area contributed by atoms with Crippen LogP contribution in [0.5, 0.6) is 0 Å². The molecule has 31 heavy (non-hydrogen) atoms. The van der Waals surface area contributed by atoms with E-state index in [-0.39, 0.29) is 28.7 Å². The first-order valence-corrected chi connectivity index (χ1v) is 11.8. The summed E-state index contributed by atoms with van der Waals surface area (Å²) in [6.07, 6.45) is 12.9. The molecule has 0 radical (unpaired) electrons. The zero-order valence-corrected chi connectivity index (χ0v) is 19.0. The van der Waals surface area contributed by atoms with E-state index in [1.165, 1.54) is 5.57 Å². The highest BCUT2D eigenvalue weighted by atomic mass is 16.5. The van der Waals surface area contributed by atoms with Crippen molar-refractivity contribution < 1.29 is 19.1 Å². The Labute approximate surface area is 184 Å². The first-order valence-electron chi connectivity index (χ1n) is 11.8. The lowest BCUT2D eigenvalue weighted by molar-refractivity contribution is -0.150. The fourth-order valence-corrected chi connectivity index (χ4v) is 6.97. The Morgan fingerprint density at radius 3 is 2.74 bits per heavy atom. The maximum atomic E-state index is 13.4. The highest BCUT2D eigenvalue weighted by Crippen LogP contribution is 2.69. The number of ketones is 2. The van der Waals surface area contributed by atoms with E-state index >= 15 is 0 Å². The van der Waals surface area contributed by atoms with Crippen LogP contribution >= 0.6 is 0 Å². The van der Waals surface area contributed by atoms with Gasteiger partial charge < -0.3 is 4.74 Å². The molecule has 2 unspecified atom stereocenters. The SMILES string of the molecule is CCC(C)OC(=O)[C@@H]1C=C2CC(=O)C=CC2(C)C2=C1C1=CC[C@@]3(C)CCC(=O)[C@@]13CC2. The van der Waals surface area contributed by atoms with Gasteiger partial charge in [0.05, 0.1) is 11.5 Å². The zero-order chi connectivity index (χ0) is 22.2. The third-order valence-electron chi connectivity index (χ3n) is 9.08. The summed E-state index contributed by atoms with van der Waals surface area (Å²) in [5.41, 5.74) is 3.44. The van der Waals surface area contributed by atoms with E-state index in [1.807, 2.05) is 26.0 Å². The Bertz CT molecular complexity index is 1020.